The van der Waals surface area contributed by atoms with Crippen LogP contribution in [0.4, 0.5) is 0 Å². The average molecular weight is 573 g/mol. The summed E-state index contributed by atoms with van der Waals surface area (Å²) in [6.45, 7) is 15.3. The molecule has 3 fully saturated rings. The Bertz CT molecular complexity index is 1030. The van der Waals surface area contributed by atoms with Crippen LogP contribution in [0.2, 0.25) is 0 Å². The van der Waals surface area contributed by atoms with E-state index in [0.717, 1.165) is 32.1 Å². The number of ketones is 1. The van der Waals surface area contributed by atoms with Crippen molar-refractivity contribution in [3.05, 3.63) is 25.3 Å². The highest BCUT2D eigenvalue weighted by atomic mass is 16.3. The van der Waals surface area contributed by atoms with Crippen molar-refractivity contribution in [2.24, 2.45) is 29.1 Å². The van der Waals surface area contributed by atoms with Gasteiger partial charge in [0.2, 0.25) is 23.5 Å². The van der Waals surface area contributed by atoms with Gasteiger partial charge in [-0.1, -0.05) is 59.1 Å². The molecule has 4 N–H and O–H groups in total. The molecule has 41 heavy (non-hydrogen) atoms. The Kier molecular flexibility index (Phi) is 10.9. The molecule has 10 heteroatoms. The first-order valence-electron chi connectivity index (χ1n) is 15.0. The fourth-order valence-electron chi connectivity index (χ4n) is 6.60. The Balaban J connectivity index is 1.86. The molecule has 6 unspecified atom stereocenters. The summed E-state index contributed by atoms with van der Waals surface area (Å²) in [6.07, 6.45) is 6.93. The predicted molar refractivity (Wildman–Crippen MR) is 155 cm³/mol. The standard InChI is InChI=1S/C31H48N4O6/c1-7-9-15-21(26(37)28(39)32-16-8-2)33-27(38)24-22-20(31(22,5)6)17-35(24)30(41)23(19-13-11-10-12-14-19)34-29(40)25(36)18(3)4/h7-8,18-25,36H,1-2,9-17H2,3-6H3,(H,32,39)(H,33,38)(H,34,40). The van der Waals surface area contributed by atoms with Gasteiger partial charge in [0.15, 0.2) is 0 Å². The van der Waals surface area contributed by atoms with Crippen LogP contribution in [0.15, 0.2) is 25.3 Å². The Morgan fingerprint density at radius 2 is 1.68 bits per heavy atom. The summed E-state index contributed by atoms with van der Waals surface area (Å²) in [5, 5.41) is 18.5. The third-order valence-electron chi connectivity index (χ3n) is 9.27. The second kappa shape index (κ2) is 13.8. The van der Waals surface area contributed by atoms with Gasteiger partial charge in [0.1, 0.15) is 18.2 Å². The van der Waals surface area contributed by atoms with Gasteiger partial charge in [0.05, 0.1) is 6.04 Å². The molecule has 0 spiro atoms. The topological polar surface area (TPSA) is 145 Å². The van der Waals surface area contributed by atoms with E-state index in [1.165, 1.54) is 6.08 Å². The quantitative estimate of drug-likeness (QED) is 0.185. The molecular formula is C31H48N4O6. The second-order valence-corrected chi connectivity index (χ2v) is 12.8. The summed E-state index contributed by atoms with van der Waals surface area (Å²) in [6, 6.07) is -2.76. The van der Waals surface area contributed by atoms with E-state index in [1.54, 1.807) is 24.8 Å². The summed E-state index contributed by atoms with van der Waals surface area (Å²) >= 11 is 0. The number of hydrogen-bond acceptors (Lipinski definition) is 6. The van der Waals surface area contributed by atoms with Gasteiger partial charge in [-0.05, 0) is 54.8 Å². The molecule has 0 aromatic carbocycles. The van der Waals surface area contributed by atoms with E-state index < -0.39 is 47.7 Å². The van der Waals surface area contributed by atoms with Crippen molar-refractivity contribution in [3.8, 4) is 0 Å². The minimum absolute atomic E-state index is 0.0938. The van der Waals surface area contributed by atoms with Crippen molar-refractivity contribution in [2.45, 2.75) is 96.9 Å². The lowest BCUT2D eigenvalue weighted by atomic mass is 9.82. The zero-order valence-corrected chi connectivity index (χ0v) is 25.0. The molecule has 6 atom stereocenters. The fourth-order valence-corrected chi connectivity index (χ4v) is 6.60. The zero-order chi connectivity index (χ0) is 30.5. The number of likely N-dealkylation sites (tertiary alicyclic amines) is 1. The second-order valence-electron chi connectivity index (χ2n) is 12.8. The molecule has 10 nitrogen and oxygen atoms in total. The third-order valence-corrected chi connectivity index (χ3v) is 9.27. The first kappa shape index (κ1) is 32.5. The molecule has 0 aromatic heterocycles. The van der Waals surface area contributed by atoms with Gasteiger partial charge in [0, 0.05) is 13.1 Å². The SMILES string of the molecule is C=CCCC(NC(=O)C1C2C(CN1C(=O)C(NC(=O)C(O)C(C)C)C1CCCCC1)C2(C)C)C(=O)C(=O)NCC=C. The largest absolute Gasteiger partial charge is 0.383 e. The lowest BCUT2D eigenvalue weighted by Crippen LogP contribution is -2.60. The number of nitrogens with one attached hydrogen (secondary N) is 3. The van der Waals surface area contributed by atoms with E-state index in [-0.39, 0.29) is 48.0 Å². The maximum atomic E-state index is 14.2. The van der Waals surface area contributed by atoms with Crippen LogP contribution < -0.4 is 16.0 Å². The number of carbonyl (C=O) groups is 5. The number of aliphatic hydroxyl groups excluding tert-OH is 1. The van der Waals surface area contributed by atoms with Crippen LogP contribution in [0, 0.1) is 29.1 Å². The van der Waals surface area contributed by atoms with Crippen molar-refractivity contribution < 1.29 is 29.1 Å². The van der Waals surface area contributed by atoms with Gasteiger partial charge in [-0.15, -0.1) is 13.2 Å². The Morgan fingerprint density at radius 3 is 2.27 bits per heavy atom. The number of rotatable bonds is 14. The lowest BCUT2D eigenvalue weighted by Gasteiger charge is -2.37. The van der Waals surface area contributed by atoms with Crippen molar-refractivity contribution in [2.75, 3.05) is 13.1 Å². The molecule has 3 rings (SSSR count). The van der Waals surface area contributed by atoms with Crippen molar-refractivity contribution in [1.29, 1.82) is 0 Å². The molecule has 0 aromatic rings. The minimum atomic E-state index is -1.25. The van der Waals surface area contributed by atoms with Gasteiger partial charge < -0.3 is 26.0 Å². The van der Waals surface area contributed by atoms with Gasteiger partial charge in [0.25, 0.3) is 5.91 Å². The molecule has 2 saturated carbocycles. The van der Waals surface area contributed by atoms with Crippen molar-refractivity contribution in [3.63, 3.8) is 0 Å². The molecule has 1 heterocycles. The van der Waals surface area contributed by atoms with Crippen LogP contribution in [-0.4, -0.2) is 76.7 Å². The minimum Gasteiger partial charge on any atom is -0.383 e. The Morgan fingerprint density at radius 1 is 1.02 bits per heavy atom. The fraction of sp³-hybridized carbons (Fsp3) is 0.710. The summed E-state index contributed by atoms with van der Waals surface area (Å²) in [5.74, 6) is -3.40. The number of Topliss-reactive ketones (excluding diaryl/α,β-unsaturated/α-hetero) is 1. The number of carbonyl (C=O) groups excluding carboxylic acids is 5. The molecule has 0 bridgehead atoms. The van der Waals surface area contributed by atoms with Crippen LogP contribution >= 0.6 is 0 Å². The van der Waals surface area contributed by atoms with E-state index in [2.05, 4.69) is 43.0 Å². The van der Waals surface area contributed by atoms with E-state index in [0.29, 0.717) is 13.0 Å². The number of amides is 4. The first-order valence-corrected chi connectivity index (χ1v) is 15.0. The van der Waals surface area contributed by atoms with E-state index in [9.17, 15) is 29.1 Å². The maximum absolute atomic E-state index is 14.2. The molecule has 0 radical (unpaired) electrons. The van der Waals surface area contributed by atoms with Crippen LogP contribution in [0.5, 0.6) is 0 Å². The molecule has 1 saturated heterocycles. The highest BCUT2D eigenvalue weighted by molar-refractivity contribution is 6.38. The predicted octanol–water partition coefficient (Wildman–Crippen LogP) is 1.87. The monoisotopic (exact) mass is 572 g/mol. The van der Waals surface area contributed by atoms with Crippen molar-refractivity contribution in [1.82, 2.24) is 20.9 Å². The van der Waals surface area contributed by atoms with Gasteiger partial charge >= 0.3 is 0 Å². The highest BCUT2D eigenvalue weighted by Crippen LogP contribution is 2.65. The van der Waals surface area contributed by atoms with Gasteiger partial charge in [-0.25, -0.2) is 0 Å². The zero-order valence-electron chi connectivity index (χ0n) is 25.0. The smallest absolute Gasteiger partial charge is 0.289 e. The van der Waals surface area contributed by atoms with Crippen LogP contribution in [0.25, 0.3) is 0 Å². The summed E-state index contributed by atoms with van der Waals surface area (Å²) in [7, 11) is 0. The first-order chi connectivity index (χ1) is 19.4. The highest BCUT2D eigenvalue weighted by Gasteiger charge is 2.69. The lowest BCUT2D eigenvalue weighted by molar-refractivity contribution is -0.147. The maximum Gasteiger partial charge on any atom is 0.289 e. The number of piperidine rings is 1. The van der Waals surface area contributed by atoms with E-state index in [1.807, 2.05) is 0 Å². The van der Waals surface area contributed by atoms with E-state index >= 15 is 0 Å². The number of nitrogens with zero attached hydrogens (tertiary/aromatic N) is 1. The number of fused-ring (bicyclic) bond motifs is 1. The third kappa shape index (κ3) is 7.26. The number of hydrogen-bond donors (Lipinski definition) is 4. The molecule has 3 aliphatic rings. The Hall–Kier alpha value is -3.01. The average Bonchev–Trinajstić information content (AvgIpc) is 3.26. The van der Waals surface area contributed by atoms with Gasteiger partial charge in [-0.2, -0.15) is 0 Å². The van der Waals surface area contributed by atoms with E-state index in [4.69, 9.17) is 0 Å². The Labute approximate surface area is 243 Å². The van der Waals surface area contributed by atoms with Gasteiger partial charge in [-0.3, -0.25) is 24.0 Å². The summed E-state index contributed by atoms with van der Waals surface area (Å²) in [4.78, 5) is 67.9. The number of allylic oxidation sites excluding steroid dienone is 1. The normalized spacial score (nSPS) is 25.3. The molecule has 228 valence electrons. The summed E-state index contributed by atoms with van der Waals surface area (Å²) < 4.78 is 0. The molecule has 1 aliphatic heterocycles. The van der Waals surface area contributed by atoms with Crippen LogP contribution in [-0.2, 0) is 24.0 Å². The van der Waals surface area contributed by atoms with Crippen LogP contribution in [0.3, 0.4) is 0 Å². The molecular weight excluding hydrogens is 524 g/mol. The molecule has 4 amide bonds. The molecule has 2 aliphatic carbocycles. The summed E-state index contributed by atoms with van der Waals surface area (Å²) in [5.41, 5.74) is -0.168. The van der Waals surface area contributed by atoms with Crippen molar-refractivity contribution >= 4 is 29.4 Å². The van der Waals surface area contributed by atoms with Crippen LogP contribution in [0.1, 0.15) is 72.6 Å². The number of aliphatic hydroxyl groups is 1.